The molecule has 2 aromatic carbocycles. The lowest BCUT2D eigenvalue weighted by Crippen LogP contribution is -2.29. The van der Waals surface area contributed by atoms with Gasteiger partial charge in [0.2, 0.25) is 0 Å². The van der Waals surface area contributed by atoms with Crippen LogP contribution in [0.1, 0.15) is 25.8 Å². The molecule has 29 heavy (non-hydrogen) atoms. The first-order chi connectivity index (χ1) is 13.9. The number of aromatic nitrogens is 4. The minimum Gasteiger partial charge on any atom is -0.313 e. The van der Waals surface area contributed by atoms with Gasteiger partial charge in [0, 0.05) is 19.3 Å². The van der Waals surface area contributed by atoms with Crippen LogP contribution in [0.25, 0.3) is 21.9 Å². The van der Waals surface area contributed by atoms with Gasteiger partial charge in [-0.15, -0.1) is 0 Å². The number of benzene rings is 2. The van der Waals surface area contributed by atoms with E-state index in [2.05, 4.69) is 54.1 Å². The van der Waals surface area contributed by atoms with Gasteiger partial charge in [-0.2, -0.15) is 0 Å². The van der Waals surface area contributed by atoms with Gasteiger partial charge in [0.1, 0.15) is 0 Å². The molecule has 4 aromatic rings. The average Bonchev–Trinajstić information content (AvgIpc) is 3.08. The van der Waals surface area contributed by atoms with Gasteiger partial charge in [-0.3, -0.25) is 14.3 Å². The van der Waals surface area contributed by atoms with Crippen LogP contribution in [0.2, 0.25) is 0 Å². The zero-order valence-electron chi connectivity index (χ0n) is 16.8. The molecule has 0 spiro atoms. The number of imidazole rings is 1. The summed E-state index contributed by atoms with van der Waals surface area (Å²) in [6.07, 6.45) is 0.928. The van der Waals surface area contributed by atoms with Crippen LogP contribution < -0.4 is 11.2 Å². The summed E-state index contributed by atoms with van der Waals surface area (Å²) < 4.78 is 3.36. The predicted octanol–water partition coefficient (Wildman–Crippen LogP) is 3.91. The maximum absolute atomic E-state index is 12.5. The third-order valence-electron chi connectivity index (χ3n) is 5.08. The molecule has 6 nitrogen and oxygen atoms in total. The number of fused-ring (bicyclic) bond motifs is 2. The van der Waals surface area contributed by atoms with Gasteiger partial charge < -0.3 is 4.57 Å². The highest BCUT2D eigenvalue weighted by Crippen LogP contribution is 2.27. The molecule has 0 radical (unpaired) electrons. The van der Waals surface area contributed by atoms with Crippen LogP contribution in [0.4, 0.5) is 0 Å². The number of rotatable bonds is 6. The van der Waals surface area contributed by atoms with E-state index in [0.717, 1.165) is 17.3 Å². The Bertz CT molecular complexity index is 1300. The van der Waals surface area contributed by atoms with E-state index in [0.29, 0.717) is 23.6 Å². The van der Waals surface area contributed by atoms with E-state index in [4.69, 9.17) is 0 Å². The summed E-state index contributed by atoms with van der Waals surface area (Å²) in [4.78, 5) is 31.6. The number of hydrogen-bond donors (Lipinski definition) is 1. The fraction of sp³-hybridized carbons (Fsp3) is 0.318. The van der Waals surface area contributed by atoms with Crippen molar-refractivity contribution in [1.29, 1.82) is 0 Å². The number of thioether (sulfide) groups is 1. The zero-order valence-corrected chi connectivity index (χ0v) is 17.6. The number of nitrogens with zero attached hydrogens (tertiary/aromatic N) is 3. The molecule has 7 heteroatoms. The average molecular weight is 409 g/mol. The molecule has 0 amide bonds. The van der Waals surface area contributed by atoms with Gasteiger partial charge in [0.15, 0.2) is 16.3 Å². The van der Waals surface area contributed by atoms with Crippen LogP contribution in [-0.2, 0) is 19.3 Å². The Hall–Kier alpha value is -2.80. The van der Waals surface area contributed by atoms with Gasteiger partial charge in [-0.05, 0) is 28.7 Å². The second-order valence-electron chi connectivity index (χ2n) is 7.69. The van der Waals surface area contributed by atoms with Crippen molar-refractivity contribution in [3.8, 4) is 0 Å². The molecular formula is C22H24N4O2S. The van der Waals surface area contributed by atoms with Crippen molar-refractivity contribution < 1.29 is 0 Å². The van der Waals surface area contributed by atoms with Crippen LogP contribution in [0.3, 0.4) is 0 Å². The molecule has 0 aliphatic heterocycles. The summed E-state index contributed by atoms with van der Waals surface area (Å²) in [6, 6.07) is 14.7. The number of hydrogen-bond acceptors (Lipinski definition) is 4. The molecule has 2 aromatic heterocycles. The lowest BCUT2D eigenvalue weighted by atomic mass is 10.1. The summed E-state index contributed by atoms with van der Waals surface area (Å²) in [6.45, 7) is 5.00. The van der Waals surface area contributed by atoms with E-state index >= 15 is 0 Å². The Kier molecular flexibility index (Phi) is 5.32. The largest absolute Gasteiger partial charge is 0.329 e. The fourth-order valence-corrected chi connectivity index (χ4v) is 4.36. The first-order valence-electron chi connectivity index (χ1n) is 9.74. The highest BCUT2D eigenvalue weighted by molar-refractivity contribution is 7.98. The normalized spacial score (nSPS) is 11.7. The maximum atomic E-state index is 12.5. The second-order valence-corrected chi connectivity index (χ2v) is 8.63. The van der Waals surface area contributed by atoms with Crippen molar-refractivity contribution in [2.45, 2.75) is 37.7 Å². The van der Waals surface area contributed by atoms with Gasteiger partial charge in [0.05, 0.1) is 0 Å². The number of aryl methyl sites for hydroxylation is 2. The van der Waals surface area contributed by atoms with Gasteiger partial charge >= 0.3 is 5.69 Å². The summed E-state index contributed by atoms with van der Waals surface area (Å²) in [5.74, 6) is 1.24. The van der Waals surface area contributed by atoms with Crippen molar-refractivity contribution in [2.75, 3.05) is 0 Å². The van der Waals surface area contributed by atoms with Crippen LogP contribution in [-0.4, -0.2) is 19.1 Å². The van der Waals surface area contributed by atoms with E-state index in [-0.39, 0.29) is 5.56 Å². The zero-order chi connectivity index (χ0) is 20.5. The summed E-state index contributed by atoms with van der Waals surface area (Å²) in [7, 11) is 1.64. The third-order valence-corrected chi connectivity index (χ3v) is 6.13. The molecule has 1 N–H and O–H groups in total. The number of nitrogens with one attached hydrogen (secondary N) is 1. The molecule has 150 valence electrons. The van der Waals surface area contributed by atoms with E-state index in [1.165, 1.54) is 20.9 Å². The molecule has 0 saturated carbocycles. The van der Waals surface area contributed by atoms with Crippen LogP contribution in [0.5, 0.6) is 0 Å². The highest BCUT2D eigenvalue weighted by Gasteiger charge is 2.18. The topological polar surface area (TPSA) is 72.7 Å². The van der Waals surface area contributed by atoms with E-state index < -0.39 is 5.69 Å². The standard InChI is InChI=1S/C22H24N4O2S/c1-14(2)10-11-26-18-19(25(3)21(28)24-20(18)27)23-22(26)29-13-15-8-9-16-6-4-5-7-17(16)12-15/h4-9,12,14H,10-11,13H2,1-3H3,(H,24,27,28). The Morgan fingerprint density at radius 2 is 1.86 bits per heavy atom. The molecule has 0 atom stereocenters. The Morgan fingerprint density at radius 3 is 2.62 bits per heavy atom. The SMILES string of the molecule is CC(C)CCn1c(SCc2ccc3ccccc3c2)nc2c1c(=O)[nH]c(=O)n2C. The molecule has 0 aliphatic carbocycles. The molecule has 4 rings (SSSR count). The molecule has 0 fully saturated rings. The summed E-state index contributed by atoms with van der Waals surface area (Å²) in [5.41, 5.74) is 1.27. The van der Waals surface area contributed by atoms with Crippen molar-refractivity contribution in [3.63, 3.8) is 0 Å². The quantitative estimate of drug-likeness (QED) is 0.491. The van der Waals surface area contributed by atoms with Crippen molar-refractivity contribution >= 4 is 33.7 Å². The molecular weight excluding hydrogens is 384 g/mol. The Labute approximate surface area is 172 Å². The van der Waals surface area contributed by atoms with Crippen molar-refractivity contribution in [3.05, 3.63) is 68.9 Å². The van der Waals surface area contributed by atoms with Crippen molar-refractivity contribution in [1.82, 2.24) is 19.1 Å². The fourth-order valence-electron chi connectivity index (χ4n) is 3.40. The number of H-pyrrole nitrogens is 1. The van der Waals surface area contributed by atoms with E-state index in [1.807, 2.05) is 16.7 Å². The maximum Gasteiger partial charge on any atom is 0.329 e. The Morgan fingerprint density at radius 1 is 1.10 bits per heavy atom. The molecule has 0 saturated heterocycles. The lowest BCUT2D eigenvalue weighted by molar-refractivity contribution is 0.503. The van der Waals surface area contributed by atoms with Gasteiger partial charge in [-0.25, -0.2) is 9.78 Å². The predicted molar refractivity (Wildman–Crippen MR) is 119 cm³/mol. The van der Waals surface area contributed by atoms with Crippen molar-refractivity contribution in [2.24, 2.45) is 13.0 Å². The molecule has 0 aliphatic rings. The smallest absolute Gasteiger partial charge is 0.313 e. The van der Waals surface area contributed by atoms with Crippen LogP contribution >= 0.6 is 11.8 Å². The van der Waals surface area contributed by atoms with Crippen LogP contribution in [0, 0.1) is 5.92 Å². The monoisotopic (exact) mass is 408 g/mol. The minimum atomic E-state index is -0.443. The Balaban J connectivity index is 1.72. The van der Waals surface area contributed by atoms with Gasteiger partial charge in [-0.1, -0.05) is 68.1 Å². The first kappa shape index (κ1) is 19.5. The third kappa shape index (κ3) is 3.87. The summed E-state index contributed by atoms with van der Waals surface area (Å²) >= 11 is 1.59. The molecule has 2 heterocycles. The highest BCUT2D eigenvalue weighted by atomic mass is 32.2. The molecule has 0 unspecified atom stereocenters. The summed E-state index contributed by atoms with van der Waals surface area (Å²) in [5, 5.41) is 3.19. The second kappa shape index (κ2) is 7.91. The lowest BCUT2D eigenvalue weighted by Gasteiger charge is -2.10. The van der Waals surface area contributed by atoms with E-state index in [9.17, 15) is 9.59 Å². The first-order valence-corrected chi connectivity index (χ1v) is 10.7. The van der Waals surface area contributed by atoms with Crippen LogP contribution in [0.15, 0.2) is 57.2 Å². The van der Waals surface area contributed by atoms with E-state index in [1.54, 1.807) is 18.8 Å². The minimum absolute atomic E-state index is 0.378. The molecule has 0 bridgehead atoms. The van der Waals surface area contributed by atoms with Gasteiger partial charge in [0.25, 0.3) is 5.56 Å². The number of aromatic amines is 1.